The van der Waals surface area contributed by atoms with E-state index in [-0.39, 0.29) is 10.8 Å². The van der Waals surface area contributed by atoms with Gasteiger partial charge in [0.2, 0.25) is 0 Å². The van der Waals surface area contributed by atoms with Gasteiger partial charge in [0.1, 0.15) is 5.78 Å². The van der Waals surface area contributed by atoms with Crippen molar-refractivity contribution in [1.29, 1.82) is 0 Å². The first kappa shape index (κ1) is 7.78. The van der Waals surface area contributed by atoms with Crippen LogP contribution in [0, 0.1) is 22.2 Å². The second-order valence-electron chi connectivity index (χ2n) is 5.66. The predicted molar refractivity (Wildman–Crippen MR) is 51.2 cm³/mol. The van der Waals surface area contributed by atoms with E-state index < -0.39 is 0 Å². The van der Waals surface area contributed by atoms with E-state index in [1.165, 1.54) is 0 Å². The minimum absolute atomic E-state index is 0.0191. The van der Waals surface area contributed by atoms with Crippen molar-refractivity contribution in [3.8, 4) is 0 Å². The maximum absolute atomic E-state index is 11.8. The molecule has 70 valence electrons. The van der Waals surface area contributed by atoms with Gasteiger partial charge >= 0.3 is 0 Å². The molecule has 0 aliphatic heterocycles. The molecule has 0 bridgehead atoms. The smallest absolute Gasteiger partial charge is 0.140 e. The Morgan fingerprint density at radius 3 is 2.62 bits per heavy atom. The van der Waals surface area contributed by atoms with E-state index in [0.717, 1.165) is 12.8 Å². The summed E-state index contributed by atoms with van der Waals surface area (Å²) < 4.78 is 0. The molecule has 0 radical (unpaired) electrons. The van der Waals surface area contributed by atoms with Crippen LogP contribution in [0.15, 0.2) is 12.2 Å². The minimum Gasteiger partial charge on any atom is -0.299 e. The zero-order valence-electron chi connectivity index (χ0n) is 8.55. The van der Waals surface area contributed by atoms with Crippen LogP contribution in [0.3, 0.4) is 0 Å². The molecule has 0 aromatic heterocycles. The van der Waals surface area contributed by atoms with E-state index in [1.807, 2.05) is 0 Å². The monoisotopic (exact) mass is 176 g/mol. The van der Waals surface area contributed by atoms with Gasteiger partial charge < -0.3 is 0 Å². The third-order valence-corrected chi connectivity index (χ3v) is 5.18. The first-order valence-electron chi connectivity index (χ1n) is 5.19. The molecule has 0 heterocycles. The largest absolute Gasteiger partial charge is 0.299 e. The zero-order valence-corrected chi connectivity index (χ0v) is 8.55. The number of hydrogen-bond acceptors (Lipinski definition) is 1. The first-order chi connectivity index (χ1) is 5.97. The van der Waals surface area contributed by atoms with Gasteiger partial charge in [-0.15, -0.1) is 0 Å². The summed E-state index contributed by atoms with van der Waals surface area (Å²) in [5.74, 6) is 1.08. The SMILES string of the molecule is CC1(C)C=CC2C3(C)C(=O)CCC213. The number of ketones is 1. The molecule has 0 N–H and O–H groups in total. The Bertz CT molecular complexity index is 339. The third-order valence-electron chi connectivity index (χ3n) is 5.18. The highest BCUT2D eigenvalue weighted by Crippen LogP contribution is 2.85. The zero-order chi connectivity index (χ0) is 9.48. The van der Waals surface area contributed by atoms with Crippen LogP contribution in [-0.2, 0) is 4.79 Å². The Labute approximate surface area is 79.2 Å². The summed E-state index contributed by atoms with van der Waals surface area (Å²) >= 11 is 0. The van der Waals surface area contributed by atoms with Crippen LogP contribution in [0.25, 0.3) is 0 Å². The summed E-state index contributed by atoms with van der Waals surface area (Å²) in [6.07, 6.45) is 6.54. The van der Waals surface area contributed by atoms with Crippen molar-refractivity contribution in [1.82, 2.24) is 0 Å². The van der Waals surface area contributed by atoms with E-state index >= 15 is 0 Å². The quantitative estimate of drug-likeness (QED) is 0.518. The summed E-state index contributed by atoms with van der Waals surface area (Å²) in [5.41, 5.74) is 0.584. The van der Waals surface area contributed by atoms with Crippen molar-refractivity contribution >= 4 is 5.78 Å². The van der Waals surface area contributed by atoms with Crippen molar-refractivity contribution in [2.24, 2.45) is 22.2 Å². The van der Waals surface area contributed by atoms with Gasteiger partial charge in [-0.2, -0.15) is 0 Å². The minimum atomic E-state index is 0.0191. The van der Waals surface area contributed by atoms with Crippen molar-refractivity contribution in [3.05, 3.63) is 12.2 Å². The lowest BCUT2D eigenvalue weighted by molar-refractivity contribution is -0.122. The highest BCUT2D eigenvalue weighted by Gasteiger charge is 2.84. The molecule has 3 atom stereocenters. The summed E-state index contributed by atoms with van der Waals surface area (Å²) in [7, 11) is 0. The Balaban J connectivity index is 2.17. The van der Waals surface area contributed by atoms with Gasteiger partial charge in [-0.25, -0.2) is 0 Å². The summed E-state index contributed by atoms with van der Waals surface area (Å²) in [4.78, 5) is 11.8. The average Bonchev–Trinajstić information content (AvgIpc) is 2.32. The molecule has 3 aliphatic rings. The molecular formula is C12H16O. The third kappa shape index (κ3) is 0.490. The van der Waals surface area contributed by atoms with Crippen molar-refractivity contribution < 1.29 is 4.79 Å². The lowest BCUT2D eigenvalue weighted by atomic mass is 9.73. The second-order valence-corrected chi connectivity index (χ2v) is 5.66. The molecule has 1 nitrogen and oxygen atoms in total. The molecule has 3 aliphatic carbocycles. The fourth-order valence-electron chi connectivity index (χ4n) is 4.37. The fourth-order valence-corrected chi connectivity index (χ4v) is 4.37. The average molecular weight is 176 g/mol. The number of allylic oxidation sites excluding steroid dienone is 2. The standard InChI is InChI=1S/C12H16O/c1-10(2)6-4-8-11(3)9(13)5-7-12(8,10)11/h4,6,8H,5,7H2,1-3H3. The number of rotatable bonds is 0. The van der Waals surface area contributed by atoms with E-state index in [0.29, 0.717) is 17.1 Å². The van der Waals surface area contributed by atoms with E-state index in [2.05, 4.69) is 32.9 Å². The van der Waals surface area contributed by atoms with Crippen LogP contribution < -0.4 is 0 Å². The van der Waals surface area contributed by atoms with E-state index in [4.69, 9.17) is 0 Å². The maximum atomic E-state index is 11.8. The Morgan fingerprint density at radius 1 is 1.38 bits per heavy atom. The number of Topliss-reactive ketones (excluding diaryl/α,β-unsaturated/α-hetero) is 1. The summed E-state index contributed by atoms with van der Waals surface area (Å²) in [5, 5.41) is 0. The van der Waals surface area contributed by atoms with Crippen LogP contribution in [0.2, 0.25) is 0 Å². The van der Waals surface area contributed by atoms with Crippen molar-refractivity contribution in [2.45, 2.75) is 33.6 Å². The molecule has 13 heavy (non-hydrogen) atoms. The van der Waals surface area contributed by atoms with Gasteiger partial charge in [0.05, 0.1) is 0 Å². The van der Waals surface area contributed by atoms with Gasteiger partial charge in [-0.1, -0.05) is 32.9 Å². The van der Waals surface area contributed by atoms with Crippen molar-refractivity contribution in [3.63, 3.8) is 0 Å². The molecule has 1 heteroatoms. The molecular weight excluding hydrogens is 160 g/mol. The Hall–Kier alpha value is -0.590. The number of carbonyl (C=O) groups excluding carboxylic acids is 1. The highest BCUT2D eigenvalue weighted by molar-refractivity contribution is 5.94. The Morgan fingerprint density at radius 2 is 2.08 bits per heavy atom. The normalized spacial score (nSPS) is 55.0. The highest BCUT2D eigenvalue weighted by atomic mass is 16.1. The Kier molecular flexibility index (Phi) is 0.985. The topological polar surface area (TPSA) is 17.1 Å². The van der Waals surface area contributed by atoms with Crippen molar-refractivity contribution in [2.75, 3.05) is 0 Å². The number of hydrogen-bond donors (Lipinski definition) is 0. The molecule has 1 spiro atoms. The molecule has 0 amide bonds. The lowest BCUT2D eigenvalue weighted by Gasteiger charge is -2.30. The van der Waals surface area contributed by atoms with Gasteiger partial charge in [0.15, 0.2) is 0 Å². The van der Waals surface area contributed by atoms with Crippen LogP contribution in [-0.4, -0.2) is 5.78 Å². The fraction of sp³-hybridized carbons (Fsp3) is 0.750. The molecule has 0 aromatic carbocycles. The molecule has 3 unspecified atom stereocenters. The molecule has 2 fully saturated rings. The molecule has 0 aromatic rings. The molecule has 2 saturated carbocycles. The number of fused-ring (bicyclic) bond motifs is 1. The number of carbonyl (C=O) groups is 1. The second kappa shape index (κ2) is 1.65. The van der Waals surface area contributed by atoms with Gasteiger partial charge in [0.25, 0.3) is 0 Å². The predicted octanol–water partition coefficient (Wildman–Crippen LogP) is 2.57. The van der Waals surface area contributed by atoms with E-state index in [9.17, 15) is 4.79 Å². The summed E-state index contributed by atoms with van der Waals surface area (Å²) in [6.45, 7) is 6.75. The lowest BCUT2D eigenvalue weighted by Crippen LogP contribution is -2.25. The maximum Gasteiger partial charge on any atom is 0.140 e. The summed E-state index contributed by atoms with van der Waals surface area (Å²) in [6, 6.07) is 0. The van der Waals surface area contributed by atoms with Crippen LogP contribution in [0.4, 0.5) is 0 Å². The van der Waals surface area contributed by atoms with Crippen LogP contribution in [0.1, 0.15) is 33.6 Å². The van der Waals surface area contributed by atoms with Crippen LogP contribution in [0.5, 0.6) is 0 Å². The first-order valence-corrected chi connectivity index (χ1v) is 5.19. The molecule has 3 rings (SSSR count). The molecule has 0 saturated heterocycles. The van der Waals surface area contributed by atoms with Gasteiger partial charge in [-0.05, 0) is 23.2 Å². The van der Waals surface area contributed by atoms with Crippen LogP contribution >= 0.6 is 0 Å². The van der Waals surface area contributed by atoms with Gasteiger partial charge in [-0.3, -0.25) is 4.79 Å². The van der Waals surface area contributed by atoms with E-state index in [1.54, 1.807) is 0 Å². The van der Waals surface area contributed by atoms with Gasteiger partial charge in [0, 0.05) is 11.8 Å².